The molecule has 0 aliphatic heterocycles. The molecule has 0 radical (unpaired) electrons. The smallest absolute Gasteiger partial charge is 0.338 e. The molecule has 0 amide bonds. The Bertz CT molecular complexity index is 467. The van der Waals surface area contributed by atoms with Crippen molar-refractivity contribution in [2.75, 3.05) is 0 Å². The zero-order valence-corrected chi connectivity index (χ0v) is 9.00. The van der Waals surface area contributed by atoms with Crippen molar-refractivity contribution in [1.29, 1.82) is 0 Å². The molecule has 5 nitrogen and oxygen atoms in total. The summed E-state index contributed by atoms with van der Waals surface area (Å²) in [5.74, 6) is -1.09. The minimum absolute atomic E-state index is 0.192. The number of carboxylic acid groups (broad SMARTS) is 1. The molecule has 1 fully saturated rings. The molecule has 17 heavy (non-hydrogen) atoms. The fourth-order valence-corrected chi connectivity index (χ4v) is 1.67. The first-order valence-corrected chi connectivity index (χ1v) is 5.17. The van der Waals surface area contributed by atoms with Crippen molar-refractivity contribution in [3.05, 3.63) is 35.9 Å². The van der Waals surface area contributed by atoms with E-state index in [0.717, 1.165) is 5.56 Å². The number of rotatable bonds is 5. The third-order valence-corrected chi connectivity index (χ3v) is 2.78. The lowest BCUT2D eigenvalue weighted by Crippen LogP contribution is -2.29. The van der Waals surface area contributed by atoms with Gasteiger partial charge in [-0.2, -0.15) is 4.99 Å². The largest absolute Gasteiger partial charge is 0.479 e. The van der Waals surface area contributed by atoms with E-state index in [1.807, 2.05) is 30.3 Å². The highest BCUT2D eigenvalue weighted by Crippen LogP contribution is 2.43. The summed E-state index contributed by atoms with van der Waals surface area (Å²) >= 11 is 0. The maximum Gasteiger partial charge on any atom is 0.338 e. The van der Waals surface area contributed by atoms with Crippen LogP contribution in [-0.4, -0.2) is 28.8 Å². The molecular weight excluding hydrogens is 222 g/mol. The Morgan fingerprint density at radius 1 is 1.53 bits per heavy atom. The van der Waals surface area contributed by atoms with Gasteiger partial charge in [0.15, 0.2) is 5.60 Å². The Balaban J connectivity index is 2.02. The van der Waals surface area contributed by atoms with Crippen LogP contribution in [-0.2, 0) is 20.9 Å². The number of nitrogens with zero attached hydrogens (tertiary/aromatic N) is 1. The second-order valence-corrected chi connectivity index (χ2v) is 3.91. The molecule has 0 saturated heterocycles. The predicted molar refractivity (Wildman–Crippen MR) is 58.1 cm³/mol. The fraction of sp³-hybridized carbons (Fsp3) is 0.333. The monoisotopic (exact) mass is 233 g/mol. The maximum atomic E-state index is 11.1. The van der Waals surface area contributed by atoms with Gasteiger partial charge in [0.05, 0.1) is 6.61 Å². The van der Waals surface area contributed by atoms with E-state index in [1.54, 1.807) is 0 Å². The number of benzene rings is 1. The zero-order valence-electron chi connectivity index (χ0n) is 9.00. The van der Waals surface area contributed by atoms with E-state index in [2.05, 4.69) is 4.99 Å². The van der Waals surface area contributed by atoms with Crippen LogP contribution >= 0.6 is 0 Å². The average Bonchev–Trinajstić information content (AvgIpc) is 3.03. The molecule has 0 aromatic heterocycles. The number of hydrogen-bond donors (Lipinski definition) is 1. The lowest BCUT2D eigenvalue weighted by molar-refractivity contribution is -0.155. The summed E-state index contributed by atoms with van der Waals surface area (Å²) in [6.45, 7) is 0.192. The Labute approximate surface area is 97.7 Å². The van der Waals surface area contributed by atoms with Gasteiger partial charge in [-0.05, 0) is 5.56 Å². The van der Waals surface area contributed by atoms with Gasteiger partial charge in [-0.25, -0.2) is 9.59 Å². The minimum Gasteiger partial charge on any atom is -0.479 e. The molecule has 2 rings (SSSR count). The van der Waals surface area contributed by atoms with Crippen molar-refractivity contribution < 1.29 is 19.4 Å². The fourth-order valence-electron chi connectivity index (χ4n) is 1.67. The van der Waals surface area contributed by atoms with Gasteiger partial charge >= 0.3 is 5.97 Å². The van der Waals surface area contributed by atoms with Crippen molar-refractivity contribution >= 4 is 12.0 Å². The normalized spacial score (nSPS) is 26.0. The van der Waals surface area contributed by atoms with E-state index < -0.39 is 17.6 Å². The molecule has 1 aliphatic rings. The first-order chi connectivity index (χ1) is 8.19. The van der Waals surface area contributed by atoms with Gasteiger partial charge in [-0.1, -0.05) is 30.3 Å². The van der Waals surface area contributed by atoms with E-state index in [4.69, 9.17) is 9.84 Å². The van der Waals surface area contributed by atoms with Gasteiger partial charge < -0.3 is 9.84 Å². The summed E-state index contributed by atoms with van der Waals surface area (Å²) in [5.41, 5.74) is -0.457. The second kappa shape index (κ2) is 4.49. The summed E-state index contributed by atoms with van der Waals surface area (Å²) in [6, 6.07) is 8.64. The Morgan fingerprint density at radius 3 is 2.82 bits per heavy atom. The number of hydrogen-bond acceptors (Lipinski definition) is 4. The molecule has 0 spiro atoms. The highest BCUT2D eigenvalue weighted by Gasteiger charge is 2.63. The van der Waals surface area contributed by atoms with E-state index in [1.165, 1.54) is 6.08 Å². The van der Waals surface area contributed by atoms with Gasteiger partial charge in [-0.15, -0.1) is 0 Å². The summed E-state index contributed by atoms with van der Waals surface area (Å²) in [5, 5.41) is 9.06. The third-order valence-electron chi connectivity index (χ3n) is 2.78. The lowest BCUT2D eigenvalue weighted by atomic mass is 10.2. The van der Waals surface area contributed by atoms with Crippen LogP contribution < -0.4 is 0 Å². The Morgan fingerprint density at radius 2 is 2.24 bits per heavy atom. The van der Waals surface area contributed by atoms with E-state index in [0.29, 0.717) is 0 Å². The highest BCUT2D eigenvalue weighted by molar-refractivity contribution is 5.83. The SMILES string of the molecule is O=C=NC1CC1(OCc1ccccc1)C(=O)O. The molecule has 0 bridgehead atoms. The van der Waals surface area contributed by atoms with Crippen molar-refractivity contribution in [2.45, 2.75) is 24.7 Å². The predicted octanol–water partition coefficient (Wildman–Crippen LogP) is 1.13. The summed E-state index contributed by atoms with van der Waals surface area (Å²) in [4.78, 5) is 24.6. The molecule has 2 atom stereocenters. The number of carboxylic acids is 1. The lowest BCUT2D eigenvalue weighted by Gasteiger charge is -2.12. The first kappa shape index (κ1) is 11.5. The molecule has 5 heteroatoms. The van der Waals surface area contributed by atoms with Crippen molar-refractivity contribution in [3.63, 3.8) is 0 Å². The molecular formula is C12H11NO4. The molecule has 1 aromatic carbocycles. The molecule has 1 saturated carbocycles. The number of aliphatic carboxylic acids is 1. The number of isocyanates is 1. The van der Waals surface area contributed by atoms with Crippen molar-refractivity contribution in [2.24, 2.45) is 4.99 Å². The van der Waals surface area contributed by atoms with Crippen LogP contribution in [0.3, 0.4) is 0 Å². The van der Waals surface area contributed by atoms with Gasteiger partial charge in [0.2, 0.25) is 6.08 Å². The van der Waals surface area contributed by atoms with Crippen LogP contribution in [0.15, 0.2) is 35.3 Å². The topological polar surface area (TPSA) is 76.0 Å². The number of ether oxygens (including phenoxy) is 1. The average molecular weight is 233 g/mol. The van der Waals surface area contributed by atoms with Crippen LogP contribution in [0, 0.1) is 0 Å². The minimum atomic E-state index is -1.34. The van der Waals surface area contributed by atoms with E-state index in [-0.39, 0.29) is 13.0 Å². The first-order valence-electron chi connectivity index (χ1n) is 5.17. The number of carbonyl (C=O) groups excluding carboxylic acids is 1. The Hall–Kier alpha value is -1.97. The standard InChI is InChI=1S/C12H11NO4/c14-8-13-10-6-12(10,11(15)16)17-7-9-4-2-1-3-5-9/h1-5,10H,6-7H2,(H,15,16). The quantitative estimate of drug-likeness (QED) is 0.611. The van der Waals surface area contributed by atoms with E-state index in [9.17, 15) is 9.59 Å². The van der Waals surface area contributed by atoms with Gasteiger partial charge in [0.25, 0.3) is 0 Å². The van der Waals surface area contributed by atoms with Crippen LogP contribution in [0.4, 0.5) is 0 Å². The maximum absolute atomic E-state index is 11.1. The van der Waals surface area contributed by atoms with Crippen LogP contribution in [0.5, 0.6) is 0 Å². The highest BCUT2D eigenvalue weighted by atomic mass is 16.5. The zero-order chi connectivity index (χ0) is 12.3. The van der Waals surface area contributed by atoms with Gasteiger partial charge in [0.1, 0.15) is 6.04 Å². The van der Waals surface area contributed by atoms with Crippen LogP contribution in [0.1, 0.15) is 12.0 Å². The summed E-state index contributed by atoms with van der Waals surface area (Å²) in [7, 11) is 0. The Kier molecular flexibility index (Phi) is 3.04. The molecule has 0 heterocycles. The third kappa shape index (κ3) is 2.25. The van der Waals surface area contributed by atoms with Crippen LogP contribution in [0.2, 0.25) is 0 Å². The van der Waals surface area contributed by atoms with Crippen LogP contribution in [0.25, 0.3) is 0 Å². The number of aliphatic imine (C=N–C) groups is 1. The summed E-state index contributed by atoms with van der Waals surface area (Å²) < 4.78 is 5.38. The molecule has 88 valence electrons. The molecule has 1 N–H and O–H groups in total. The van der Waals surface area contributed by atoms with E-state index >= 15 is 0 Å². The van der Waals surface area contributed by atoms with Gasteiger partial charge in [-0.3, -0.25) is 0 Å². The number of carbonyl (C=O) groups is 1. The van der Waals surface area contributed by atoms with Gasteiger partial charge in [0, 0.05) is 6.42 Å². The summed E-state index contributed by atoms with van der Waals surface area (Å²) in [6.07, 6.45) is 1.60. The molecule has 1 aromatic rings. The molecule has 1 aliphatic carbocycles. The second-order valence-electron chi connectivity index (χ2n) is 3.91. The van der Waals surface area contributed by atoms with Crippen molar-refractivity contribution in [1.82, 2.24) is 0 Å². The van der Waals surface area contributed by atoms with Crippen molar-refractivity contribution in [3.8, 4) is 0 Å². The molecule has 2 unspecified atom stereocenters.